The molecule has 2 unspecified atom stereocenters. The van der Waals surface area contributed by atoms with Crippen molar-refractivity contribution in [1.82, 2.24) is 4.90 Å². The van der Waals surface area contributed by atoms with E-state index in [9.17, 15) is 4.79 Å². The second-order valence-corrected chi connectivity index (χ2v) is 9.32. The Morgan fingerprint density at radius 3 is 2.61 bits per heavy atom. The molecule has 1 amide bonds. The topological polar surface area (TPSA) is 42.0 Å². The summed E-state index contributed by atoms with van der Waals surface area (Å²) in [5.74, 6) is 2.18. The Labute approximate surface area is 168 Å². The van der Waals surface area contributed by atoms with Crippen molar-refractivity contribution in [2.24, 2.45) is 11.8 Å². The van der Waals surface area contributed by atoms with Crippen molar-refractivity contribution in [2.45, 2.75) is 63.6 Å². The molecule has 0 spiro atoms. The maximum absolute atomic E-state index is 12.5. The Balaban J connectivity index is 1.18. The maximum Gasteiger partial charge on any atom is 0.265 e. The molecule has 4 atom stereocenters. The van der Waals surface area contributed by atoms with E-state index in [1.165, 1.54) is 38.5 Å². The van der Waals surface area contributed by atoms with E-state index >= 15 is 0 Å². The number of benzene rings is 1. The number of hydrogen-bond acceptors (Lipinski definition) is 4. The van der Waals surface area contributed by atoms with Crippen LogP contribution in [0.15, 0.2) is 24.3 Å². The monoisotopic (exact) mass is 384 g/mol. The summed E-state index contributed by atoms with van der Waals surface area (Å²) >= 11 is 0. The highest BCUT2D eigenvalue weighted by molar-refractivity contribution is 5.97. The molecule has 4 aliphatic rings. The van der Waals surface area contributed by atoms with E-state index in [1.54, 1.807) is 0 Å². The molecule has 5 heteroatoms. The highest BCUT2D eigenvalue weighted by Crippen LogP contribution is 2.39. The van der Waals surface area contributed by atoms with Gasteiger partial charge in [0.1, 0.15) is 5.75 Å². The summed E-state index contributed by atoms with van der Waals surface area (Å²) < 4.78 is 11.8. The molecule has 0 N–H and O–H groups in total. The minimum absolute atomic E-state index is 0.0701. The van der Waals surface area contributed by atoms with Crippen LogP contribution in [0.3, 0.4) is 0 Å². The predicted molar refractivity (Wildman–Crippen MR) is 109 cm³/mol. The molecule has 0 aromatic heterocycles. The van der Waals surface area contributed by atoms with Crippen LogP contribution in [0.2, 0.25) is 0 Å². The van der Waals surface area contributed by atoms with Crippen LogP contribution in [-0.2, 0) is 9.53 Å². The minimum Gasteiger partial charge on any atom is -0.482 e. The molecule has 5 rings (SSSR count). The molecule has 2 bridgehead atoms. The average molecular weight is 385 g/mol. The third-order valence-electron chi connectivity index (χ3n) is 6.93. The van der Waals surface area contributed by atoms with E-state index in [0.29, 0.717) is 24.1 Å². The summed E-state index contributed by atoms with van der Waals surface area (Å²) in [7, 11) is 0. The van der Waals surface area contributed by atoms with Crippen molar-refractivity contribution in [3.8, 4) is 5.75 Å². The fraction of sp³-hybridized carbons (Fsp3) is 0.696. The van der Waals surface area contributed by atoms with Gasteiger partial charge in [-0.15, -0.1) is 0 Å². The predicted octanol–water partition coefficient (Wildman–Crippen LogP) is 3.47. The van der Waals surface area contributed by atoms with Gasteiger partial charge in [0.15, 0.2) is 6.61 Å². The molecular formula is C23H32N2O3. The molecule has 0 radical (unpaired) electrons. The zero-order chi connectivity index (χ0) is 19.1. The average Bonchev–Trinajstić information content (AvgIpc) is 3.49. The van der Waals surface area contributed by atoms with Gasteiger partial charge in [0.05, 0.1) is 11.8 Å². The molecule has 1 aliphatic carbocycles. The van der Waals surface area contributed by atoms with Gasteiger partial charge >= 0.3 is 0 Å². The lowest BCUT2D eigenvalue weighted by Crippen LogP contribution is -2.49. The number of anilines is 1. The standard InChI is InChI=1S/C23H32N2O3/c1-16(13-25-21-4-2-3-5-22(21)28-15-23(25)26)12-24-18-8-9-19(24)11-20(10-18)27-14-17-6-7-17/h2-5,16-20H,6-15H2,1H3/t16?,18-,19+,20?. The molecule has 3 heterocycles. The van der Waals surface area contributed by atoms with Crippen molar-refractivity contribution in [2.75, 3.05) is 31.2 Å². The van der Waals surface area contributed by atoms with Gasteiger partial charge in [0.2, 0.25) is 0 Å². The Morgan fingerprint density at radius 1 is 1.11 bits per heavy atom. The second kappa shape index (κ2) is 7.68. The van der Waals surface area contributed by atoms with Crippen LogP contribution in [0, 0.1) is 11.8 Å². The molecule has 5 nitrogen and oxygen atoms in total. The van der Waals surface area contributed by atoms with Crippen LogP contribution in [0.25, 0.3) is 0 Å². The third-order valence-corrected chi connectivity index (χ3v) is 6.93. The summed E-state index contributed by atoms with van der Waals surface area (Å²) in [6.45, 7) is 5.24. The smallest absolute Gasteiger partial charge is 0.265 e. The maximum atomic E-state index is 12.5. The largest absolute Gasteiger partial charge is 0.482 e. The first-order valence-corrected chi connectivity index (χ1v) is 11.1. The quantitative estimate of drug-likeness (QED) is 0.722. The van der Waals surface area contributed by atoms with Crippen molar-refractivity contribution in [1.29, 1.82) is 0 Å². The first-order valence-electron chi connectivity index (χ1n) is 11.1. The molecule has 28 heavy (non-hydrogen) atoms. The zero-order valence-electron chi connectivity index (χ0n) is 16.9. The highest BCUT2D eigenvalue weighted by atomic mass is 16.5. The van der Waals surface area contributed by atoms with Gasteiger partial charge in [-0.2, -0.15) is 0 Å². The first kappa shape index (κ1) is 18.4. The molecule has 1 aromatic rings. The fourth-order valence-corrected chi connectivity index (χ4v) is 5.30. The van der Waals surface area contributed by atoms with E-state index in [-0.39, 0.29) is 12.5 Å². The Morgan fingerprint density at radius 2 is 1.86 bits per heavy atom. The molecule has 1 aromatic carbocycles. The van der Waals surface area contributed by atoms with Crippen molar-refractivity contribution < 1.29 is 14.3 Å². The van der Waals surface area contributed by atoms with Crippen molar-refractivity contribution in [3.05, 3.63) is 24.3 Å². The Hall–Kier alpha value is -1.59. The van der Waals surface area contributed by atoms with Gasteiger partial charge in [-0.3, -0.25) is 9.69 Å². The third kappa shape index (κ3) is 3.79. The molecule has 1 saturated carbocycles. The van der Waals surface area contributed by atoms with Crippen molar-refractivity contribution >= 4 is 11.6 Å². The van der Waals surface area contributed by atoms with E-state index in [4.69, 9.17) is 9.47 Å². The van der Waals surface area contributed by atoms with Gasteiger partial charge in [-0.05, 0) is 62.5 Å². The van der Waals surface area contributed by atoms with E-state index in [1.807, 2.05) is 29.2 Å². The lowest BCUT2D eigenvalue weighted by Gasteiger charge is -2.41. The van der Waals surface area contributed by atoms with Gasteiger partial charge in [0.25, 0.3) is 5.91 Å². The molecular weight excluding hydrogens is 352 g/mol. The number of fused-ring (bicyclic) bond motifs is 3. The van der Waals surface area contributed by atoms with Gasteiger partial charge in [-0.1, -0.05) is 19.1 Å². The van der Waals surface area contributed by atoms with Gasteiger partial charge in [0, 0.05) is 31.8 Å². The van der Waals surface area contributed by atoms with Crippen LogP contribution in [0.5, 0.6) is 5.75 Å². The number of hydrogen-bond donors (Lipinski definition) is 0. The van der Waals surface area contributed by atoms with Crippen LogP contribution in [0.4, 0.5) is 5.69 Å². The summed E-state index contributed by atoms with van der Waals surface area (Å²) in [4.78, 5) is 17.1. The number of amides is 1. The minimum atomic E-state index is 0.0701. The van der Waals surface area contributed by atoms with Crippen LogP contribution < -0.4 is 9.64 Å². The lowest BCUT2D eigenvalue weighted by atomic mass is 9.97. The Kier molecular flexibility index (Phi) is 5.06. The van der Waals surface area contributed by atoms with Gasteiger partial charge < -0.3 is 14.4 Å². The van der Waals surface area contributed by atoms with E-state index in [2.05, 4.69) is 11.8 Å². The lowest BCUT2D eigenvalue weighted by molar-refractivity contribution is -0.121. The van der Waals surface area contributed by atoms with Gasteiger partial charge in [-0.25, -0.2) is 0 Å². The van der Waals surface area contributed by atoms with Crippen LogP contribution in [-0.4, -0.2) is 55.3 Å². The molecule has 2 saturated heterocycles. The number of nitrogens with zero attached hydrogens (tertiary/aromatic N) is 2. The first-order chi connectivity index (χ1) is 13.7. The van der Waals surface area contributed by atoms with Crippen molar-refractivity contribution in [3.63, 3.8) is 0 Å². The van der Waals surface area contributed by atoms with Crippen LogP contribution >= 0.6 is 0 Å². The number of rotatable bonds is 7. The number of piperidine rings is 1. The number of carbonyl (C=O) groups excluding carboxylic acids is 1. The summed E-state index contributed by atoms with van der Waals surface area (Å²) in [5.41, 5.74) is 0.917. The summed E-state index contributed by atoms with van der Waals surface area (Å²) in [5, 5.41) is 0. The number of para-hydroxylation sites is 2. The molecule has 3 aliphatic heterocycles. The molecule has 3 fully saturated rings. The Bertz CT molecular complexity index is 706. The van der Waals surface area contributed by atoms with Crippen LogP contribution in [0.1, 0.15) is 45.4 Å². The zero-order valence-corrected chi connectivity index (χ0v) is 16.9. The van der Waals surface area contributed by atoms with E-state index in [0.717, 1.165) is 37.1 Å². The summed E-state index contributed by atoms with van der Waals surface area (Å²) in [6, 6.07) is 9.21. The summed E-state index contributed by atoms with van der Waals surface area (Å²) in [6.07, 6.45) is 8.20. The normalized spacial score (nSPS) is 30.8. The SMILES string of the molecule is CC(CN1C(=O)COc2ccccc21)CN1[C@@H]2CC[C@H]1CC(OCC1CC1)C2. The number of ether oxygens (including phenoxy) is 2. The molecule has 152 valence electrons. The number of carbonyl (C=O) groups is 1. The fourth-order valence-electron chi connectivity index (χ4n) is 5.30. The second-order valence-electron chi connectivity index (χ2n) is 9.32. The van der Waals surface area contributed by atoms with E-state index < -0.39 is 0 Å². The highest BCUT2D eigenvalue weighted by Gasteiger charge is 2.42.